The van der Waals surface area contributed by atoms with Gasteiger partial charge in [0.1, 0.15) is 11.1 Å². The number of carbonyl (C=O) groups is 1. The molecule has 0 bridgehead atoms. The molecular weight excluding hydrogens is 318 g/mol. The van der Waals surface area contributed by atoms with Crippen LogP contribution in [0.3, 0.4) is 0 Å². The summed E-state index contributed by atoms with van der Waals surface area (Å²) in [5.41, 5.74) is 3.52. The zero-order valence-corrected chi connectivity index (χ0v) is 16.1. The fourth-order valence-corrected chi connectivity index (χ4v) is 4.21. The Balaban J connectivity index is 2.01. The van der Waals surface area contributed by atoms with Crippen LogP contribution >= 0.6 is 11.8 Å². The number of hydrogen-bond donors (Lipinski definition) is 1. The molecule has 1 aromatic heterocycles. The highest BCUT2D eigenvalue weighted by Gasteiger charge is 2.28. The summed E-state index contributed by atoms with van der Waals surface area (Å²) < 4.78 is 0. The number of aryl methyl sites for hydroxylation is 1. The van der Waals surface area contributed by atoms with E-state index in [1.807, 2.05) is 20.8 Å². The number of aromatic nitrogens is 1. The predicted octanol–water partition coefficient (Wildman–Crippen LogP) is 3.91. The van der Waals surface area contributed by atoms with E-state index in [0.29, 0.717) is 28.2 Å². The second-order valence-corrected chi connectivity index (χ2v) is 7.93. The van der Waals surface area contributed by atoms with Crippen LogP contribution in [0.15, 0.2) is 5.03 Å². The van der Waals surface area contributed by atoms with E-state index < -0.39 is 0 Å². The quantitative estimate of drug-likeness (QED) is 0.840. The van der Waals surface area contributed by atoms with Crippen LogP contribution in [0.1, 0.15) is 55.5 Å². The molecule has 1 aliphatic carbocycles. The predicted molar refractivity (Wildman–Crippen MR) is 98.0 cm³/mol. The molecule has 5 heteroatoms. The molecule has 1 heterocycles. The van der Waals surface area contributed by atoms with E-state index >= 15 is 0 Å². The lowest BCUT2D eigenvalue weighted by molar-refractivity contribution is -0.119. The third-order valence-electron chi connectivity index (χ3n) is 5.47. The van der Waals surface area contributed by atoms with Gasteiger partial charge in [0.15, 0.2) is 0 Å². The molecule has 130 valence electrons. The summed E-state index contributed by atoms with van der Waals surface area (Å²) in [6, 6.07) is 2.50. The molecule has 4 nitrogen and oxygen atoms in total. The molecule has 1 amide bonds. The van der Waals surface area contributed by atoms with E-state index in [9.17, 15) is 10.1 Å². The van der Waals surface area contributed by atoms with Crippen molar-refractivity contribution in [2.45, 2.75) is 64.9 Å². The summed E-state index contributed by atoms with van der Waals surface area (Å²) in [5.74, 6) is 1.52. The second-order valence-electron chi connectivity index (χ2n) is 6.97. The van der Waals surface area contributed by atoms with Crippen molar-refractivity contribution in [2.24, 2.45) is 11.8 Å². The average Bonchev–Trinajstić information content (AvgIpc) is 2.55. The number of carbonyl (C=O) groups excluding carboxylic acids is 1. The molecule has 1 aliphatic rings. The van der Waals surface area contributed by atoms with E-state index in [4.69, 9.17) is 0 Å². The number of rotatable bonds is 4. The zero-order valence-electron chi connectivity index (χ0n) is 15.3. The Morgan fingerprint density at radius 1 is 1.29 bits per heavy atom. The first-order valence-electron chi connectivity index (χ1n) is 8.65. The van der Waals surface area contributed by atoms with Gasteiger partial charge in [0.25, 0.3) is 0 Å². The Morgan fingerprint density at radius 2 is 2.00 bits per heavy atom. The molecule has 24 heavy (non-hydrogen) atoms. The van der Waals surface area contributed by atoms with Crippen molar-refractivity contribution in [2.75, 3.05) is 5.75 Å². The molecule has 0 spiro atoms. The number of hydrogen-bond acceptors (Lipinski definition) is 4. The van der Waals surface area contributed by atoms with Crippen LogP contribution in [0.5, 0.6) is 0 Å². The molecule has 1 saturated carbocycles. The minimum absolute atomic E-state index is 0.0347. The first-order valence-corrected chi connectivity index (χ1v) is 9.63. The largest absolute Gasteiger partial charge is 0.352 e. The van der Waals surface area contributed by atoms with Gasteiger partial charge in [0.2, 0.25) is 5.91 Å². The Hall–Kier alpha value is -1.54. The normalized spacial score (nSPS) is 23.6. The minimum Gasteiger partial charge on any atom is -0.352 e. The van der Waals surface area contributed by atoms with Crippen molar-refractivity contribution in [3.63, 3.8) is 0 Å². The third kappa shape index (κ3) is 4.10. The molecule has 1 N–H and O–H groups in total. The Morgan fingerprint density at radius 3 is 2.67 bits per heavy atom. The van der Waals surface area contributed by atoms with E-state index in [-0.39, 0.29) is 11.9 Å². The Kier molecular flexibility index (Phi) is 6.28. The molecule has 1 fully saturated rings. The van der Waals surface area contributed by atoms with Gasteiger partial charge in [-0.25, -0.2) is 4.98 Å². The molecular formula is C19H27N3OS. The van der Waals surface area contributed by atoms with Crippen molar-refractivity contribution >= 4 is 17.7 Å². The fraction of sp³-hybridized carbons (Fsp3) is 0.632. The van der Waals surface area contributed by atoms with Gasteiger partial charge < -0.3 is 5.32 Å². The van der Waals surface area contributed by atoms with Crippen molar-refractivity contribution in [1.29, 1.82) is 5.26 Å². The van der Waals surface area contributed by atoms with E-state index in [2.05, 4.69) is 30.2 Å². The van der Waals surface area contributed by atoms with Crippen LogP contribution in [0, 0.1) is 43.9 Å². The highest BCUT2D eigenvalue weighted by Crippen LogP contribution is 2.30. The van der Waals surface area contributed by atoms with Gasteiger partial charge in [-0.15, -0.1) is 0 Å². The monoisotopic (exact) mass is 345 g/mol. The van der Waals surface area contributed by atoms with E-state index in [1.54, 1.807) is 0 Å². The van der Waals surface area contributed by atoms with Crippen LogP contribution in [0.2, 0.25) is 0 Å². The van der Waals surface area contributed by atoms with Crippen LogP contribution < -0.4 is 5.32 Å². The zero-order chi connectivity index (χ0) is 17.9. The lowest BCUT2D eigenvalue weighted by atomic mass is 9.78. The van der Waals surface area contributed by atoms with Gasteiger partial charge in [-0.05, 0) is 50.2 Å². The molecule has 0 aliphatic heterocycles. The summed E-state index contributed by atoms with van der Waals surface area (Å²) in [4.78, 5) is 16.8. The Labute approximate surface area is 149 Å². The van der Waals surface area contributed by atoms with E-state index in [0.717, 1.165) is 23.2 Å². The van der Waals surface area contributed by atoms with Crippen molar-refractivity contribution in [3.8, 4) is 6.07 Å². The standard InChI is InChI=1S/C19H27N3OS/c1-11-7-6-8-17(12(11)2)22-18(23)10-24-19-16(9-20)14(4)13(3)15(5)21-19/h11-12,17H,6-8,10H2,1-5H3,(H,22,23)/t11-,12+,17+/m0/s1. The average molecular weight is 346 g/mol. The van der Waals surface area contributed by atoms with Crippen LogP contribution in [0.25, 0.3) is 0 Å². The molecule has 2 rings (SSSR count). The van der Waals surface area contributed by atoms with Crippen molar-refractivity contribution in [3.05, 3.63) is 22.4 Å². The lowest BCUT2D eigenvalue weighted by Gasteiger charge is -2.34. The first-order chi connectivity index (χ1) is 11.3. The summed E-state index contributed by atoms with van der Waals surface area (Å²) in [6.45, 7) is 10.4. The molecule has 3 atom stereocenters. The smallest absolute Gasteiger partial charge is 0.230 e. The van der Waals surface area contributed by atoms with Crippen LogP contribution in [-0.4, -0.2) is 22.7 Å². The number of nitrogens with zero attached hydrogens (tertiary/aromatic N) is 2. The minimum atomic E-state index is 0.0347. The van der Waals surface area contributed by atoms with Crippen molar-refractivity contribution < 1.29 is 4.79 Å². The molecule has 0 unspecified atom stereocenters. The molecule has 1 aromatic rings. The molecule has 0 aromatic carbocycles. The maximum absolute atomic E-state index is 12.3. The van der Waals surface area contributed by atoms with Gasteiger partial charge in [-0.1, -0.05) is 38.5 Å². The van der Waals surface area contributed by atoms with Gasteiger partial charge in [-0.3, -0.25) is 4.79 Å². The van der Waals surface area contributed by atoms with Crippen LogP contribution in [0.4, 0.5) is 0 Å². The van der Waals surface area contributed by atoms with Gasteiger partial charge in [0.05, 0.1) is 11.3 Å². The fourth-order valence-electron chi connectivity index (χ4n) is 3.32. The lowest BCUT2D eigenvalue weighted by Crippen LogP contribution is -2.44. The number of pyridine rings is 1. The summed E-state index contributed by atoms with van der Waals surface area (Å²) in [5, 5.41) is 13.2. The number of amides is 1. The van der Waals surface area contributed by atoms with Crippen molar-refractivity contribution in [1.82, 2.24) is 10.3 Å². The third-order valence-corrected chi connectivity index (χ3v) is 6.44. The number of nitriles is 1. The SMILES string of the molecule is Cc1nc(SCC(=O)N[C@@H]2CCC[C@H](C)[C@H]2C)c(C#N)c(C)c1C. The summed E-state index contributed by atoms with van der Waals surface area (Å²) in [6.07, 6.45) is 3.49. The van der Waals surface area contributed by atoms with Crippen LogP contribution in [-0.2, 0) is 4.79 Å². The first kappa shape index (κ1) is 18.8. The Bertz CT molecular complexity index is 666. The summed E-state index contributed by atoms with van der Waals surface area (Å²) in [7, 11) is 0. The topological polar surface area (TPSA) is 65.8 Å². The second kappa shape index (κ2) is 8.02. The maximum Gasteiger partial charge on any atom is 0.230 e. The number of thioether (sulfide) groups is 1. The molecule has 0 saturated heterocycles. The van der Waals surface area contributed by atoms with E-state index in [1.165, 1.54) is 24.6 Å². The number of nitrogens with one attached hydrogen (secondary N) is 1. The molecule has 0 radical (unpaired) electrons. The summed E-state index contributed by atoms with van der Waals surface area (Å²) >= 11 is 1.36. The highest BCUT2D eigenvalue weighted by molar-refractivity contribution is 8.00. The maximum atomic E-state index is 12.3. The van der Waals surface area contributed by atoms with Gasteiger partial charge >= 0.3 is 0 Å². The van der Waals surface area contributed by atoms with Gasteiger partial charge in [0, 0.05) is 11.7 Å². The highest BCUT2D eigenvalue weighted by atomic mass is 32.2. The van der Waals surface area contributed by atoms with Gasteiger partial charge in [-0.2, -0.15) is 5.26 Å².